The van der Waals surface area contributed by atoms with Gasteiger partial charge in [0.1, 0.15) is 0 Å². The number of hydrogen-bond acceptors (Lipinski definition) is 3. The Bertz CT molecular complexity index is 740. The molecule has 0 aliphatic carbocycles. The highest BCUT2D eigenvalue weighted by atomic mass is 32.2. The molecular weight excluding hydrogens is 332 g/mol. The third-order valence-corrected chi connectivity index (χ3v) is 6.65. The molecule has 1 aliphatic heterocycles. The summed E-state index contributed by atoms with van der Waals surface area (Å²) in [6.07, 6.45) is 4.28. The van der Waals surface area contributed by atoms with Gasteiger partial charge in [-0.15, -0.1) is 23.5 Å². The van der Waals surface area contributed by atoms with Crippen molar-refractivity contribution in [3.8, 4) is 0 Å². The summed E-state index contributed by atoms with van der Waals surface area (Å²) in [5, 5.41) is 0. The van der Waals surface area contributed by atoms with Gasteiger partial charge < -0.3 is 0 Å². The summed E-state index contributed by atoms with van der Waals surface area (Å²) in [6, 6.07) is 20.5. The molecular formula is C21H20OS2. The van der Waals surface area contributed by atoms with Crippen molar-refractivity contribution in [3.63, 3.8) is 0 Å². The zero-order chi connectivity index (χ0) is 16.8. The second kappa shape index (κ2) is 8.41. The Labute approximate surface area is 152 Å². The molecule has 0 radical (unpaired) electrons. The highest BCUT2D eigenvalue weighted by molar-refractivity contribution is 8.25. The first-order chi connectivity index (χ1) is 11.8. The van der Waals surface area contributed by atoms with Gasteiger partial charge in [0.15, 0.2) is 5.78 Å². The van der Waals surface area contributed by atoms with Gasteiger partial charge in [-0.3, -0.25) is 4.79 Å². The van der Waals surface area contributed by atoms with E-state index in [2.05, 4.69) is 36.4 Å². The fourth-order valence-electron chi connectivity index (χ4n) is 2.76. The highest BCUT2D eigenvalue weighted by Crippen LogP contribution is 2.43. The van der Waals surface area contributed by atoms with Gasteiger partial charge in [0, 0.05) is 27.2 Å². The molecule has 24 heavy (non-hydrogen) atoms. The molecule has 3 rings (SSSR count). The van der Waals surface area contributed by atoms with Crippen LogP contribution in [0.1, 0.15) is 24.0 Å². The lowest BCUT2D eigenvalue weighted by Crippen LogP contribution is -2.08. The Balaban J connectivity index is 2.03. The Kier molecular flexibility index (Phi) is 6.00. The van der Waals surface area contributed by atoms with E-state index in [4.69, 9.17) is 0 Å². The van der Waals surface area contributed by atoms with Gasteiger partial charge >= 0.3 is 0 Å². The Morgan fingerprint density at radius 3 is 2.12 bits per heavy atom. The van der Waals surface area contributed by atoms with E-state index < -0.39 is 0 Å². The maximum Gasteiger partial charge on any atom is 0.158 e. The minimum atomic E-state index is -0.00277. The summed E-state index contributed by atoms with van der Waals surface area (Å²) < 4.78 is 1.19. The maximum atomic E-state index is 12.4. The maximum absolute atomic E-state index is 12.4. The molecule has 0 N–H and O–H groups in total. The molecule has 1 aliphatic rings. The number of Topliss-reactive ketones (excluding diaryl/α,β-unsaturated/α-hetero) is 1. The number of ketones is 1. The van der Waals surface area contributed by atoms with Crippen LogP contribution in [-0.4, -0.2) is 17.3 Å². The van der Waals surface area contributed by atoms with Crippen LogP contribution in [0.25, 0.3) is 6.08 Å². The molecule has 0 amide bonds. The zero-order valence-corrected chi connectivity index (χ0v) is 15.3. The van der Waals surface area contributed by atoms with E-state index in [1.165, 1.54) is 4.24 Å². The second-order valence-electron chi connectivity index (χ2n) is 5.61. The zero-order valence-electron chi connectivity index (χ0n) is 13.6. The largest absolute Gasteiger partial charge is 0.295 e. The molecule has 0 aromatic heterocycles. The quantitative estimate of drug-likeness (QED) is 0.636. The summed E-state index contributed by atoms with van der Waals surface area (Å²) in [4.78, 5) is 12.4. The van der Waals surface area contributed by atoms with Crippen LogP contribution in [0.3, 0.4) is 0 Å². The molecule has 0 saturated carbocycles. The Morgan fingerprint density at radius 1 is 0.958 bits per heavy atom. The summed E-state index contributed by atoms with van der Waals surface area (Å²) in [5.41, 5.74) is 3.24. The molecule has 2 aromatic carbocycles. The SMILES string of the molecule is CC(=O)C(=C1SCCS1)C(/C=C/c1ccccc1)c1ccccc1. The summed E-state index contributed by atoms with van der Waals surface area (Å²) in [6.45, 7) is 1.69. The van der Waals surface area contributed by atoms with Crippen LogP contribution >= 0.6 is 23.5 Å². The number of benzene rings is 2. The van der Waals surface area contributed by atoms with Crippen molar-refractivity contribution in [1.29, 1.82) is 0 Å². The lowest BCUT2D eigenvalue weighted by Gasteiger charge is -2.18. The van der Waals surface area contributed by atoms with Crippen molar-refractivity contribution in [1.82, 2.24) is 0 Å². The first kappa shape index (κ1) is 17.1. The molecule has 0 spiro atoms. The van der Waals surface area contributed by atoms with Gasteiger partial charge in [0.25, 0.3) is 0 Å². The molecule has 1 unspecified atom stereocenters. The van der Waals surface area contributed by atoms with Gasteiger partial charge in [-0.2, -0.15) is 0 Å². The van der Waals surface area contributed by atoms with E-state index in [0.29, 0.717) is 0 Å². The molecule has 0 bridgehead atoms. The molecule has 3 heteroatoms. The van der Waals surface area contributed by atoms with E-state index in [0.717, 1.165) is 28.2 Å². The fourth-order valence-corrected chi connectivity index (χ4v) is 5.48. The van der Waals surface area contributed by atoms with Crippen molar-refractivity contribution in [3.05, 3.63) is 87.7 Å². The summed E-state index contributed by atoms with van der Waals surface area (Å²) in [7, 11) is 0. The van der Waals surface area contributed by atoms with Gasteiger partial charge in [-0.1, -0.05) is 72.8 Å². The number of carbonyl (C=O) groups excluding carboxylic acids is 1. The predicted octanol–water partition coefficient (Wildman–Crippen LogP) is 5.76. The minimum absolute atomic E-state index is 0.00277. The second-order valence-corrected chi connectivity index (χ2v) is 8.08. The number of carbonyl (C=O) groups is 1. The van der Waals surface area contributed by atoms with Gasteiger partial charge in [-0.25, -0.2) is 0 Å². The van der Waals surface area contributed by atoms with Crippen LogP contribution in [0, 0.1) is 0 Å². The van der Waals surface area contributed by atoms with E-state index in [9.17, 15) is 4.79 Å². The molecule has 1 heterocycles. The number of allylic oxidation sites excluding steroid dienone is 2. The van der Waals surface area contributed by atoms with Gasteiger partial charge in [-0.05, 0) is 18.1 Å². The van der Waals surface area contributed by atoms with Crippen LogP contribution in [-0.2, 0) is 4.79 Å². The van der Waals surface area contributed by atoms with Crippen molar-refractivity contribution in [2.24, 2.45) is 0 Å². The van der Waals surface area contributed by atoms with E-state index in [-0.39, 0.29) is 11.7 Å². The van der Waals surface area contributed by atoms with Crippen molar-refractivity contribution in [2.45, 2.75) is 12.8 Å². The van der Waals surface area contributed by atoms with Crippen LogP contribution in [0.15, 0.2) is 76.5 Å². The lowest BCUT2D eigenvalue weighted by molar-refractivity contribution is -0.113. The Morgan fingerprint density at radius 2 is 1.54 bits per heavy atom. The van der Waals surface area contributed by atoms with Gasteiger partial charge in [0.2, 0.25) is 0 Å². The smallest absolute Gasteiger partial charge is 0.158 e. The summed E-state index contributed by atoms with van der Waals surface area (Å²) >= 11 is 3.62. The van der Waals surface area contributed by atoms with Gasteiger partial charge in [0.05, 0.1) is 0 Å². The third kappa shape index (κ3) is 4.22. The average molecular weight is 353 g/mol. The van der Waals surface area contributed by atoms with E-state index in [1.807, 2.05) is 59.9 Å². The van der Waals surface area contributed by atoms with Crippen LogP contribution in [0.2, 0.25) is 0 Å². The predicted molar refractivity (Wildman–Crippen MR) is 107 cm³/mol. The lowest BCUT2D eigenvalue weighted by atomic mass is 9.89. The molecule has 2 aromatic rings. The summed E-state index contributed by atoms with van der Waals surface area (Å²) in [5.74, 6) is 2.33. The monoisotopic (exact) mass is 352 g/mol. The number of hydrogen-bond donors (Lipinski definition) is 0. The first-order valence-electron chi connectivity index (χ1n) is 8.04. The average Bonchev–Trinajstić information content (AvgIpc) is 3.14. The van der Waals surface area contributed by atoms with Crippen molar-refractivity contribution < 1.29 is 4.79 Å². The molecule has 122 valence electrons. The van der Waals surface area contributed by atoms with Crippen LogP contribution in [0.4, 0.5) is 0 Å². The third-order valence-electron chi connectivity index (χ3n) is 3.90. The van der Waals surface area contributed by atoms with Crippen molar-refractivity contribution in [2.75, 3.05) is 11.5 Å². The standard InChI is InChI=1S/C21H20OS2/c1-16(22)20(21-23-14-15-24-21)19(18-10-6-3-7-11-18)13-12-17-8-4-2-5-9-17/h2-13,19H,14-15H2,1H3/b13-12+. The number of thioether (sulfide) groups is 2. The molecule has 1 saturated heterocycles. The van der Waals surface area contributed by atoms with Crippen molar-refractivity contribution >= 4 is 35.4 Å². The molecule has 1 fully saturated rings. The molecule has 1 atom stereocenters. The minimum Gasteiger partial charge on any atom is -0.295 e. The topological polar surface area (TPSA) is 17.1 Å². The highest BCUT2D eigenvalue weighted by Gasteiger charge is 2.24. The van der Waals surface area contributed by atoms with E-state index in [1.54, 1.807) is 6.92 Å². The van der Waals surface area contributed by atoms with Crippen LogP contribution in [0.5, 0.6) is 0 Å². The van der Waals surface area contributed by atoms with E-state index >= 15 is 0 Å². The first-order valence-corrected chi connectivity index (χ1v) is 10.0. The normalized spacial score (nSPS) is 15.6. The van der Waals surface area contributed by atoms with Crippen LogP contribution < -0.4 is 0 Å². The fraction of sp³-hybridized carbons (Fsp3) is 0.190. The molecule has 1 nitrogen and oxygen atoms in total. The Hall–Kier alpha value is -1.71. The number of rotatable bonds is 5.